The van der Waals surface area contributed by atoms with Crippen LogP contribution in [0.2, 0.25) is 0 Å². The number of aromatic nitrogens is 2. The van der Waals surface area contributed by atoms with Crippen molar-refractivity contribution in [2.75, 3.05) is 13.2 Å². The van der Waals surface area contributed by atoms with Crippen LogP contribution in [0.3, 0.4) is 0 Å². The Hall–Kier alpha value is -2.97. The zero-order valence-electron chi connectivity index (χ0n) is 18.2. The van der Waals surface area contributed by atoms with Gasteiger partial charge in [0.15, 0.2) is 0 Å². The lowest BCUT2D eigenvalue weighted by Crippen LogP contribution is -2.32. The molecule has 7 nitrogen and oxygen atoms in total. The third-order valence-electron chi connectivity index (χ3n) is 4.82. The molecule has 2 aromatic carbocycles. The fraction of sp³-hybridized carbons (Fsp3) is 0.304. The Labute approximate surface area is 182 Å². The molecule has 0 radical (unpaired) electrons. The first-order valence-electron chi connectivity index (χ1n) is 10.1. The van der Waals surface area contributed by atoms with Gasteiger partial charge in [-0.05, 0) is 69.2 Å². The lowest BCUT2D eigenvalue weighted by molar-refractivity contribution is 0.340. The summed E-state index contributed by atoms with van der Waals surface area (Å²) < 4.78 is 34.9. The molecule has 164 valence electrons. The van der Waals surface area contributed by atoms with Crippen LogP contribution in [0.5, 0.6) is 5.75 Å². The Kier molecular flexibility index (Phi) is 6.92. The van der Waals surface area contributed by atoms with Crippen molar-refractivity contribution >= 4 is 10.0 Å². The first-order valence-corrected chi connectivity index (χ1v) is 11.6. The van der Waals surface area contributed by atoms with Gasteiger partial charge in [0, 0.05) is 18.2 Å². The van der Waals surface area contributed by atoms with Gasteiger partial charge < -0.3 is 4.74 Å². The number of nitrogens with zero attached hydrogens (tertiary/aromatic N) is 2. The molecule has 0 spiro atoms. The van der Waals surface area contributed by atoms with Crippen LogP contribution in [0.25, 0.3) is 11.3 Å². The summed E-state index contributed by atoms with van der Waals surface area (Å²) in [5, 5.41) is 4.39. The predicted octanol–water partition coefficient (Wildman–Crippen LogP) is 3.21. The summed E-state index contributed by atoms with van der Waals surface area (Å²) in [5.74, 6) is 0.760. The molecule has 0 aliphatic carbocycles. The van der Waals surface area contributed by atoms with E-state index in [1.54, 1.807) is 19.9 Å². The van der Waals surface area contributed by atoms with E-state index in [9.17, 15) is 13.2 Å². The molecule has 1 aromatic heterocycles. The zero-order chi connectivity index (χ0) is 22.6. The van der Waals surface area contributed by atoms with E-state index in [1.807, 2.05) is 50.2 Å². The van der Waals surface area contributed by atoms with Crippen LogP contribution in [0, 0.1) is 20.8 Å². The summed E-state index contributed by atoms with van der Waals surface area (Å²) in [6.45, 7) is 8.16. The predicted molar refractivity (Wildman–Crippen MR) is 121 cm³/mol. The van der Waals surface area contributed by atoms with Gasteiger partial charge in [0.1, 0.15) is 5.75 Å². The van der Waals surface area contributed by atoms with E-state index in [0.717, 1.165) is 16.9 Å². The molecule has 0 aliphatic heterocycles. The summed E-state index contributed by atoms with van der Waals surface area (Å²) >= 11 is 0. The fourth-order valence-electron chi connectivity index (χ4n) is 3.60. The molecule has 1 N–H and O–H groups in total. The number of sulfonamides is 1. The maximum atomic E-state index is 12.8. The maximum Gasteiger partial charge on any atom is 0.266 e. The summed E-state index contributed by atoms with van der Waals surface area (Å²) in [7, 11) is -3.70. The maximum absolute atomic E-state index is 12.8. The molecular formula is C23H27N3O4S. The van der Waals surface area contributed by atoms with E-state index >= 15 is 0 Å². The molecule has 0 bridgehead atoms. The molecule has 3 aromatic rings. The Bertz CT molecular complexity index is 1210. The second-order valence-electron chi connectivity index (χ2n) is 7.36. The van der Waals surface area contributed by atoms with Gasteiger partial charge in [0.25, 0.3) is 5.56 Å². The van der Waals surface area contributed by atoms with Crippen LogP contribution >= 0.6 is 0 Å². The van der Waals surface area contributed by atoms with Crippen molar-refractivity contribution in [3.63, 3.8) is 0 Å². The highest BCUT2D eigenvalue weighted by molar-refractivity contribution is 7.89. The average Bonchev–Trinajstić information content (AvgIpc) is 2.69. The molecular weight excluding hydrogens is 414 g/mol. The minimum Gasteiger partial charge on any atom is -0.494 e. The lowest BCUT2D eigenvalue weighted by atomic mass is 10.1. The molecule has 0 fully saturated rings. The minimum atomic E-state index is -3.70. The van der Waals surface area contributed by atoms with Crippen molar-refractivity contribution in [2.24, 2.45) is 0 Å². The van der Waals surface area contributed by atoms with Crippen LogP contribution in [0.15, 0.2) is 58.2 Å². The second-order valence-corrected chi connectivity index (χ2v) is 9.07. The quantitative estimate of drug-likeness (QED) is 0.580. The topological polar surface area (TPSA) is 90.3 Å². The van der Waals surface area contributed by atoms with E-state index in [-0.39, 0.29) is 23.5 Å². The standard InChI is InChI=1S/C23H27N3O4S/c1-5-30-20-8-6-19(7-9-20)21-10-11-22(27)26(25-21)13-12-24-31(28,29)23-17(3)14-16(2)15-18(23)4/h6-11,14-15,24H,5,12-13H2,1-4H3. The molecule has 0 saturated heterocycles. The smallest absolute Gasteiger partial charge is 0.266 e. The van der Waals surface area contributed by atoms with Crippen LogP contribution < -0.4 is 15.0 Å². The van der Waals surface area contributed by atoms with E-state index < -0.39 is 10.0 Å². The summed E-state index contributed by atoms with van der Waals surface area (Å²) in [5.41, 5.74) is 3.56. The molecule has 31 heavy (non-hydrogen) atoms. The highest BCUT2D eigenvalue weighted by Crippen LogP contribution is 2.22. The first kappa shape index (κ1) is 22.7. The van der Waals surface area contributed by atoms with Gasteiger partial charge >= 0.3 is 0 Å². The van der Waals surface area contributed by atoms with E-state index in [4.69, 9.17) is 4.74 Å². The van der Waals surface area contributed by atoms with Crippen molar-refractivity contribution < 1.29 is 13.2 Å². The monoisotopic (exact) mass is 441 g/mol. The molecule has 0 saturated carbocycles. The van der Waals surface area contributed by atoms with Crippen LogP contribution in [-0.2, 0) is 16.6 Å². The first-order chi connectivity index (χ1) is 14.7. The lowest BCUT2D eigenvalue weighted by Gasteiger charge is -2.13. The number of rotatable bonds is 8. The number of hydrogen-bond acceptors (Lipinski definition) is 5. The molecule has 0 amide bonds. The third kappa shape index (κ3) is 5.39. The van der Waals surface area contributed by atoms with Gasteiger partial charge in [-0.15, -0.1) is 0 Å². The summed E-state index contributed by atoms with van der Waals surface area (Å²) in [4.78, 5) is 12.5. The summed E-state index contributed by atoms with van der Waals surface area (Å²) in [6, 6.07) is 14.2. The van der Waals surface area contributed by atoms with E-state index in [1.165, 1.54) is 10.7 Å². The summed E-state index contributed by atoms with van der Waals surface area (Å²) in [6.07, 6.45) is 0. The molecule has 1 heterocycles. The van der Waals surface area contributed by atoms with Gasteiger partial charge in [-0.1, -0.05) is 17.7 Å². The molecule has 0 unspecified atom stereocenters. The molecule has 0 atom stereocenters. The SMILES string of the molecule is CCOc1ccc(-c2ccc(=O)n(CCNS(=O)(=O)c3c(C)cc(C)cc3C)n2)cc1. The largest absolute Gasteiger partial charge is 0.494 e. The second kappa shape index (κ2) is 9.45. The van der Waals surface area contributed by atoms with Gasteiger partial charge in [0.05, 0.1) is 23.7 Å². The Morgan fingerprint density at radius 1 is 1.00 bits per heavy atom. The fourth-order valence-corrected chi connectivity index (χ4v) is 5.07. The van der Waals surface area contributed by atoms with Crippen molar-refractivity contribution in [1.29, 1.82) is 0 Å². The van der Waals surface area contributed by atoms with Crippen molar-refractivity contribution in [3.05, 3.63) is 75.6 Å². The number of aryl methyl sites for hydroxylation is 3. The highest BCUT2D eigenvalue weighted by Gasteiger charge is 2.19. The minimum absolute atomic E-state index is 0.0503. The highest BCUT2D eigenvalue weighted by atomic mass is 32.2. The van der Waals surface area contributed by atoms with Crippen LogP contribution in [0.4, 0.5) is 0 Å². The number of ether oxygens (including phenoxy) is 1. The number of benzene rings is 2. The van der Waals surface area contributed by atoms with Crippen molar-refractivity contribution in [2.45, 2.75) is 39.1 Å². The molecule has 0 aliphatic rings. The average molecular weight is 442 g/mol. The normalized spacial score (nSPS) is 11.5. The Balaban J connectivity index is 1.75. The Morgan fingerprint density at radius 3 is 2.26 bits per heavy atom. The van der Waals surface area contributed by atoms with E-state index in [2.05, 4.69) is 9.82 Å². The molecule has 3 rings (SSSR count). The third-order valence-corrected chi connectivity index (χ3v) is 6.58. The number of nitrogens with one attached hydrogen (secondary N) is 1. The van der Waals surface area contributed by atoms with Gasteiger partial charge in [-0.2, -0.15) is 5.10 Å². The molecule has 8 heteroatoms. The van der Waals surface area contributed by atoms with Gasteiger partial charge in [0.2, 0.25) is 10.0 Å². The van der Waals surface area contributed by atoms with Gasteiger partial charge in [-0.3, -0.25) is 4.79 Å². The van der Waals surface area contributed by atoms with Gasteiger partial charge in [-0.25, -0.2) is 17.8 Å². The number of hydrogen-bond donors (Lipinski definition) is 1. The zero-order valence-corrected chi connectivity index (χ0v) is 19.0. The van der Waals surface area contributed by atoms with Crippen molar-refractivity contribution in [1.82, 2.24) is 14.5 Å². The van der Waals surface area contributed by atoms with E-state index in [0.29, 0.717) is 23.4 Å². The van der Waals surface area contributed by atoms with Crippen molar-refractivity contribution in [3.8, 4) is 17.0 Å². The Morgan fingerprint density at radius 2 is 1.65 bits per heavy atom. The van der Waals surface area contributed by atoms with Crippen LogP contribution in [-0.4, -0.2) is 31.3 Å². The van der Waals surface area contributed by atoms with Crippen LogP contribution in [0.1, 0.15) is 23.6 Å².